The number of amides is 1. The number of piperazine rings is 1. The number of carbonyl (C=O) groups excluding carboxylic acids is 2. The number of esters is 1. The standard InChI is InChI=1S/C16H24N4O3S/c1-2-23-15(22)8-12-11-24-16(17-12)18-14(21)10-19-6-7-20-5-3-4-13(20)9-19/h11,13H,2-10H2,1H3,(H,17,18,21). The van der Waals surface area contributed by atoms with Crippen molar-refractivity contribution in [3.8, 4) is 0 Å². The van der Waals surface area contributed by atoms with E-state index in [0.717, 1.165) is 19.6 Å². The Morgan fingerprint density at radius 3 is 3.12 bits per heavy atom. The molecule has 0 aliphatic carbocycles. The lowest BCUT2D eigenvalue weighted by Crippen LogP contribution is -2.51. The van der Waals surface area contributed by atoms with Crippen molar-refractivity contribution >= 4 is 28.3 Å². The quantitative estimate of drug-likeness (QED) is 0.769. The number of nitrogens with zero attached hydrogens (tertiary/aromatic N) is 3. The first-order chi connectivity index (χ1) is 11.6. The van der Waals surface area contributed by atoms with E-state index in [9.17, 15) is 9.59 Å². The fourth-order valence-corrected chi connectivity index (χ4v) is 4.09. The van der Waals surface area contributed by atoms with E-state index in [1.807, 2.05) is 0 Å². The van der Waals surface area contributed by atoms with E-state index >= 15 is 0 Å². The molecule has 24 heavy (non-hydrogen) atoms. The third-order valence-electron chi connectivity index (χ3n) is 4.47. The van der Waals surface area contributed by atoms with Crippen molar-refractivity contribution in [1.82, 2.24) is 14.8 Å². The number of hydrogen-bond donors (Lipinski definition) is 1. The van der Waals surface area contributed by atoms with Crippen LogP contribution in [0.5, 0.6) is 0 Å². The van der Waals surface area contributed by atoms with Crippen LogP contribution in [0.25, 0.3) is 0 Å². The molecule has 1 atom stereocenters. The number of anilines is 1. The fourth-order valence-electron chi connectivity index (χ4n) is 3.37. The first-order valence-electron chi connectivity index (χ1n) is 8.50. The van der Waals surface area contributed by atoms with Crippen LogP contribution < -0.4 is 5.32 Å². The van der Waals surface area contributed by atoms with Gasteiger partial charge >= 0.3 is 5.97 Å². The van der Waals surface area contributed by atoms with Crippen LogP contribution in [0.4, 0.5) is 5.13 Å². The maximum absolute atomic E-state index is 12.2. The number of fused-ring (bicyclic) bond motifs is 1. The summed E-state index contributed by atoms with van der Waals surface area (Å²) in [6.45, 7) is 6.70. The van der Waals surface area contributed by atoms with Crippen molar-refractivity contribution in [3.63, 3.8) is 0 Å². The Hall–Kier alpha value is -1.51. The Kier molecular flexibility index (Phi) is 5.80. The Morgan fingerprint density at radius 1 is 1.42 bits per heavy atom. The van der Waals surface area contributed by atoms with Gasteiger partial charge in [-0.1, -0.05) is 0 Å². The monoisotopic (exact) mass is 352 g/mol. The average molecular weight is 352 g/mol. The summed E-state index contributed by atoms with van der Waals surface area (Å²) in [5.74, 6) is -0.339. The van der Waals surface area contributed by atoms with Gasteiger partial charge in [-0.3, -0.25) is 19.4 Å². The molecule has 0 saturated carbocycles. The maximum Gasteiger partial charge on any atom is 0.311 e. The first kappa shape index (κ1) is 17.3. The molecule has 2 fully saturated rings. The highest BCUT2D eigenvalue weighted by atomic mass is 32.1. The van der Waals surface area contributed by atoms with E-state index in [2.05, 4.69) is 20.1 Å². The van der Waals surface area contributed by atoms with Gasteiger partial charge in [0.25, 0.3) is 0 Å². The minimum absolute atomic E-state index is 0.0431. The Morgan fingerprint density at radius 2 is 2.29 bits per heavy atom. The third kappa shape index (κ3) is 4.52. The Balaban J connectivity index is 1.45. The molecule has 7 nitrogen and oxygen atoms in total. The number of hydrogen-bond acceptors (Lipinski definition) is 7. The topological polar surface area (TPSA) is 74.8 Å². The minimum Gasteiger partial charge on any atom is -0.466 e. The molecule has 2 aliphatic heterocycles. The largest absolute Gasteiger partial charge is 0.466 e. The van der Waals surface area contributed by atoms with Crippen LogP contribution in [-0.4, -0.2) is 72.0 Å². The van der Waals surface area contributed by atoms with E-state index in [0.29, 0.717) is 30.0 Å². The molecular formula is C16H24N4O3S. The van der Waals surface area contributed by atoms with Crippen molar-refractivity contribution in [1.29, 1.82) is 0 Å². The smallest absolute Gasteiger partial charge is 0.311 e. The van der Waals surface area contributed by atoms with Gasteiger partial charge in [0, 0.05) is 31.1 Å². The number of nitrogens with one attached hydrogen (secondary N) is 1. The molecule has 0 radical (unpaired) electrons. The molecule has 3 heterocycles. The van der Waals surface area contributed by atoms with Gasteiger partial charge in [0.1, 0.15) is 0 Å². The molecule has 2 saturated heterocycles. The zero-order valence-corrected chi connectivity index (χ0v) is 14.8. The predicted octanol–water partition coefficient (Wildman–Crippen LogP) is 0.967. The van der Waals surface area contributed by atoms with Crippen LogP contribution in [-0.2, 0) is 20.7 Å². The second-order valence-electron chi connectivity index (χ2n) is 6.24. The van der Waals surface area contributed by atoms with Crippen molar-refractivity contribution in [2.75, 3.05) is 44.6 Å². The summed E-state index contributed by atoms with van der Waals surface area (Å²) in [6, 6.07) is 0.614. The highest BCUT2D eigenvalue weighted by Crippen LogP contribution is 2.21. The normalized spacial score (nSPS) is 21.5. The highest BCUT2D eigenvalue weighted by Gasteiger charge is 2.31. The van der Waals surface area contributed by atoms with Gasteiger partial charge in [0.05, 0.1) is 25.3 Å². The summed E-state index contributed by atoms with van der Waals surface area (Å²) >= 11 is 1.34. The summed E-state index contributed by atoms with van der Waals surface area (Å²) in [6.07, 6.45) is 2.65. The van der Waals surface area contributed by atoms with Gasteiger partial charge in [-0.05, 0) is 26.3 Å². The number of ether oxygens (including phenoxy) is 1. The van der Waals surface area contributed by atoms with Gasteiger partial charge < -0.3 is 10.1 Å². The second kappa shape index (κ2) is 8.04. The molecule has 132 valence electrons. The van der Waals surface area contributed by atoms with Crippen LogP contribution in [0.1, 0.15) is 25.5 Å². The molecule has 0 bridgehead atoms. The van der Waals surface area contributed by atoms with Crippen LogP contribution in [0.2, 0.25) is 0 Å². The summed E-state index contributed by atoms with van der Waals surface area (Å²) in [7, 11) is 0. The molecule has 1 aromatic rings. The molecule has 1 unspecified atom stereocenters. The number of carbonyl (C=O) groups is 2. The average Bonchev–Trinajstić information content (AvgIpc) is 3.16. The molecule has 3 rings (SSSR count). The molecule has 0 aromatic carbocycles. The summed E-state index contributed by atoms with van der Waals surface area (Å²) in [5.41, 5.74) is 0.633. The number of aromatic nitrogens is 1. The summed E-state index contributed by atoms with van der Waals surface area (Å²) in [4.78, 5) is 32.7. The zero-order chi connectivity index (χ0) is 16.9. The predicted molar refractivity (Wildman–Crippen MR) is 92.1 cm³/mol. The van der Waals surface area contributed by atoms with Gasteiger partial charge in [-0.15, -0.1) is 11.3 Å². The van der Waals surface area contributed by atoms with Crippen molar-refractivity contribution in [3.05, 3.63) is 11.1 Å². The lowest BCUT2D eigenvalue weighted by Gasteiger charge is -2.36. The van der Waals surface area contributed by atoms with Gasteiger partial charge in [0.15, 0.2) is 5.13 Å². The molecule has 8 heteroatoms. The summed E-state index contributed by atoms with van der Waals surface area (Å²) < 4.78 is 4.90. The molecule has 0 spiro atoms. The fraction of sp³-hybridized carbons (Fsp3) is 0.688. The molecule has 2 aliphatic rings. The highest BCUT2D eigenvalue weighted by molar-refractivity contribution is 7.13. The van der Waals surface area contributed by atoms with Crippen molar-refractivity contribution < 1.29 is 14.3 Å². The third-order valence-corrected chi connectivity index (χ3v) is 5.27. The van der Waals surface area contributed by atoms with Crippen LogP contribution >= 0.6 is 11.3 Å². The van der Waals surface area contributed by atoms with E-state index in [1.54, 1.807) is 12.3 Å². The van der Waals surface area contributed by atoms with E-state index in [4.69, 9.17) is 4.74 Å². The molecule has 1 N–H and O–H groups in total. The maximum atomic E-state index is 12.2. The van der Waals surface area contributed by atoms with E-state index < -0.39 is 0 Å². The van der Waals surface area contributed by atoms with Crippen LogP contribution in [0.3, 0.4) is 0 Å². The molecular weight excluding hydrogens is 328 g/mol. The zero-order valence-electron chi connectivity index (χ0n) is 14.0. The number of thiazole rings is 1. The molecule has 1 aromatic heterocycles. The Bertz CT molecular complexity index is 592. The van der Waals surface area contributed by atoms with Crippen molar-refractivity contribution in [2.45, 2.75) is 32.2 Å². The Labute approximate surface area is 146 Å². The lowest BCUT2D eigenvalue weighted by molar-refractivity contribution is -0.142. The van der Waals surface area contributed by atoms with Crippen LogP contribution in [0.15, 0.2) is 5.38 Å². The van der Waals surface area contributed by atoms with Gasteiger partial charge in [-0.25, -0.2) is 4.98 Å². The SMILES string of the molecule is CCOC(=O)Cc1csc(NC(=O)CN2CCN3CCCC3C2)n1. The summed E-state index contributed by atoms with van der Waals surface area (Å²) in [5, 5.41) is 5.16. The van der Waals surface area contributed by atoms with Gasteiger partial charge in [-0.2, -0.15) is 0 Å². The first-order valence-corrected chi connectivity index (χ1v) is 9.38. The van der Waals surface area contributed by atoms with E-state index in [-0.39, 0.29) is 18.3 Å². The van der Waals surface area contributed by atoms with Crippen LogP contribution in [0, 0.1) is 0 Å². The minimum atomic E-state index is -0.296. The second-order valence-corrected chi connectivity index (χ2v) is 7.10. The number of rotatable bonds is 6. The van der Waals surface area contributed by atoms with Gasteiger partial charge in [0.2, 0.25) is 5.91 Å². The van der Waals surface area contributed by atoms with E-state index in [1.165, 1.54) is 30.7 Å². The molecule has 1 amide bonds. The van der Waals surface area contributed by atoms with Crippen molar-refractivity contribution in [2.24, 2.45) is 0 Å². The lowest BCUT2D eigenvalue weighted by atomic mass is 10.1.